The Bertz CT molecular complexity index is 934. The monoisotopic (exact) mass is 678 g/mol. The Kier molecular flexibility index (Phi) is 26.6. The van der Waals surface area contributed by atoms with Crippen molar-refractivity contribution in [1.82, 2.24) is 14.9 Å². The Morgan fingerprint density at radius 1 is 0.830 bits per heavy atom. The van der Waals surface area contributed by atoms with Crippen LogP contribution in [-0.2, 0) is 20.3 Å². The van der Waals surface area contributed by atoms with E-state index in [1.165, 1.54) is 122 Å². The third-order valence-corrected chi connectivity index (χ3v) is 9.99. The molecule has 2 rings (SSSR count). The van der Waals surface area contributed by atoms with Crippen molar-refractivity contribution in [2.24, 2.45) is 0 Å². The molecule has 0 aromatic carbocycles. The molecule has 1 aliphatic heterocycles. The first-order chi connectivity index (χ1) is 23.2. The van der Waals surface area contributed by atoms with Crippen molar-refractivity contribution in [3.05, 3.63) is 31.0 Å². The lowest BCUT2D eigenvalue weighted by Crippen LogP contribution is -2.31. The highest BCUT2D eigenvalue weighted by atomic mass is 32.2. The zero-order valence-electron chi connectivity index (χ0n) is 30.2. The summed E-state index contributed by atoms with van der Waals surface area (Å²) >= 11 is 0. The predicted molar refractivity (Wildman–Crippen MR) is 197 cm³/mol. The van der Waals surface area contributed by atoms with Gasteiger partial charge in [-0.15, -0.1) is 0 Å². The topological polar surface area (TPSA) is 76.8 Å². The number of hydrogen-bond acceptors (Lipinski definition) is 7. The first kappa shape index (κ1) is 41.3. The highest BCUT2D eigenvalue weighted by Crippen LogP contribution is 2.14. The van der Waals surface area contributed by atoms with Gasteiger partial charge in [-0.25, -0.2) is 9.97 Å². The van der Waals surface area contributed by atoms with E-state index in [1.54, 1.807) is 12.3 Å². The van der Waals surface area contributed by atoms with Gasteiger partial charge in [0.15, 0.2) is 6.20 Å². The summed E-state index contributed by atoms with van der Waals surface area (Å²) < 4.78 is 33.0. The van der Waals surface area contributed by atoms with Crippen LogP contribution in [0.25, 0.3) is 0 Å². The molecular weight excluding hydrogens is 609 g/mol. The lowest BCUT2D eigenvalue weighted by molar-refractivity contribution is -0.460. The highest BCUT2D eigenvalue weighted by molar-refractivity contribution is 7.85. The molecule has 0 saturated carbocycles. The number of nitrogens with zero attached hydrogens (tertiary/aromatic N) is 4. The molecule has 1 aromatic heterocycles. The van der Waals surface area contributed by atoms with E-state index in [4.69, 9.17) is 14.2 Å². The van der Waals surface area contributed by atoms with Gasteiger partial charge in [-0.2, -0.15) is 4.58 Å². The van der Waals surface area contributed by atoms with E-state index in [0.29, 0.717) is 43.8 Å². The molecule has 0 saturated heterocycles. The van der Waals surface area contributed by atoms with Crippen LogP contribution in [0.4, 0.5) is 0 Å². The summed E-state index contributed by atoms with van der Waals surface area (Å²) in [6.45, 7) is 8.42. The zero-order valence-corrected chi connectivity index (χ0v) is 31.0. The molecule has 1 aromatic rings. The van der Waals surface area contributed by atoms with Gasteiger partial charge < -0.3 is 19.1 Å². The summed E-state index contributed by atoms with van der Waals surface area (Å²) in [6, 6.07) is 1.73. The lowest BCUT2D eigenvalue weighted by Gasteiger charge is -2.18. The molecular formula is C38H69N4O4S+. The number of aromatic nitrogens is 2. The van der Waals surface area contributed by atoms with Crippen LogP contribution >= 0.6 is 0 Å². The van der Waals surface area contributed by atoms with Crippen molar-refractivity contribution in [2.45, 2.75) is 148 Å². The highest BCUT2D eigenvalue weighted by Gasteiger charge is 2.17. The molecule has 2 atom stereocenters. The van der Waals surface area contributed by atoms with Gasteiger partial charge in [-0.1, -0.05) is 123 Å². The van der Waals surface area contributed by atoms with Crippen LogP contribution in [0.3, 0.4) is 0 Å². The summed E-state index contributed by atoms with van der Waals surface area (Å²) in [5.74, 6) is 1.36. The van der Waals surface area contributed by atoms with Gasteiger partial charge in [0.25, 0.3) is 0 Å². The van der Waals surface area contributed by atoms with Crippen molar-refractivity contribution >= 4 is 17.0 Å². The average Bonchev–Trinajstić information content (AvgIpc) is 3.54. The lowest BCUT2D eigenvalue weighted by atomic mass is 10.0. The van der Waals surface area contributed by atoms with Gasteiger partial charge in [-0.05, 0) is 12.8 Å². The second-order valence-corrected chi connectivity index (χ2v) is 14.7. The minimum atomic E-state index is -1.07. The second-order valence-electron chi connectivity index (χ2n) is 13.0. The largest absolute Gasteiger partial charge is 0.471 e. The summed E-state index contributed by atoms with van der Waals surface area (Å²) in [4.78, 5) is 10.4. The number of hydrogen-bond donors (Lipinski definition) is 0. The van der Waals surface area contributed by atoms with Crippen LogP contribution in [0.1, 0.15) is 142 Å². The molecule has 0 fully saturated rings. The molecule has 47 heavy (non-hydrogen) atoms. The fourth-order valence-electron chi connectivity index (χ4n) is 5.73. The Morgan fingerprint density at radius 3 is 2.11 bits per heavy atom. The molecule has 0 bridgehead atoms. The molecule has 0 amide bonds. The molecule has 9 heteroatoms. The van der Waals surface area contributed by atoms with Crippen LogP contribution in [0.5, 0.6) is 5.88 Å². The molecule has 270 valence electrons. The summed E-state index contributed by atoms with van der Waals surface area (Å²) in [5.41, 5.74) is 0. The molecule has 0 radical (unpaired) electrons. The van der Waals surface area contributed by atoms with Gasteiger partial charge in [0.05, 0.1) is 31.8 Å². The smallest absolute Gasteiger partial charge is 0.223 e. The molecule has 2 unspecified atom stereocenters. The average molecular weight is 678 g/mol. The standard InChI is InChI=1S/C38H69N4O4S/c1-3-5-7-9-10-11-12-13-14-15-16-17-18-19-20-22-29-45-33-37(46-38-23-24-39-35-40-38)34-47(43)32-31-44-30-28-42-27-26-41(36-42)25-21-8-6-4-2/h23-27,35,37H,3-22,28-34,36H2,1-2H3/q+1. The summed E-state index contributed by atoms with van der Waals surface area (Å²) in [6.07, 6.45) is 35.9. The molecule has 0 N–H and O–H groups in total. The van der Waals surface area contributed by atoms with Crippen molar-refractivity contribution < 1.29 is 23.0 Å². The quantitative estimate of drug-likeness (QED) is 0.0544. The maximum absolute atomic E-state index is 12.9. The van der Waals surface area contributed by atoms with E-state index in [-0.39, 0.29) is 6.10 Å². The molecule has 0 aliphatic carbocycles. The minimum absolute atomic E-state index is 0.318. The van der Waals surface area contributed by atoms with E-state index < -0.39 is 10.8 Å². The Morgan fingerprint density at radius 2 is 1.47 bits per heavy atom. The molecule has 1 aliphatic rings. The normalized spacial score (nSPS) is 15.1. The van der Waals surface area contributed by atoms with Crippen molar-refractivity contribution in [1.29, 1.82) is 0 Å². The third-order valence-electron chi connectivity index (χ3n) is 8.62. The van der Waals surface area contributed by atoms with E-state index in [0.717, 1.165) is 26.1 Å². The maximum atomic E-state index is 12.9. The van der Waals surface area contributed by atoms with Gasteiger partial charge in [0.1, 0.15) is 18.6 Å². The van der Waals surface area contributed by atoms with E-state index in [1.807, 2.05) is 0 Å². The first-order valence-electron chi connectivity index (χ1n) is 19.2. The summed E-state index contributed by atoms with van der Waals surface area (Å²) in [7, 11) is -1.07. The van der Waals surface area contributed by atoms with Gasteiger partial charge >= 0.3 is 0 Å². The maximum Gasteiger partial charge on any atom is 0.223 e. The molecule has 0 spiro atoms. The minimum Gasteiger partial charge on any atom is -0.471 e. The SMILES string of the molecule is CCCCCC=[N+]1C=CN(CCOCCS(=O)CC(COCCCCCCCCCCCCCCCCCC)Oc2ccncn2)C1. The van der Waals surface area contributed by atoms with Gasteiger partial charge in [0.2, 0.25) is 12.5 Å². The number of rotatable bonds is 33. The van der Waals surface area contributed by atoms with Crippen LogP contribution in [-0.4, -0.2) is 87.1 Å². The number of ether oxygens (including phenoxy) is 3. The number of unbranched alkanes of at least 4 members (excludes halogenated alkanes) is 18. The van der Waals surface area contributed by atoms with E-state index in [2.05, 4.69) is 51.9 Å². The first-order valence-corrected chi connectivity index (χ1v) is 20.6. The van der Waals surface area contributed by atoms with Crippen molar-refractivity contribution in [3.63, 3.8) is 0 Å². The van der Waals surface area contributed by atoms with Gasteiger partial charge in [-0.3, -0.25) is 4.21 Å². The fourth-order valence-corrected chi connectivity index (χ4v) is 6.78. The fraction of sp³-hybridized carbons (Fsp3) is 0.816. The van der Waals surface area contributed by atoms with Crippen LogP contribution < -0.4 is 4.74 Å². The molecule has 2 heterocycles. The second kappa shape index (κ2) is 30.2. The van der Waals surface area contributed by atoms with Crippen LogP contribution in [0.15, 0.2) is 31.0 Å². The van der Waals surface area contributed by atoms with E-state index >= 15 is 0 Å². The Hall–Kier alpha value is -1.84. The summed E-state index contributed by atoms with van der Waals surface area (Å²) in [5, 5.41) is 0. The van der Waals surface area contributed by atoms with Gasteiger partial charge in [0, 0.05) is 48.4 Å². The zero-order chi connectivity index (χ0) is 33.5. The van der Waals surface area contributed by atoms with E-state index in [9.17, 15) is 4.21 Å². The van der Waals surface area contributed by atoms with Crippen molar-refractivity contribution in [2.75, 3.05) is 51.1 Å². The van der Waals surface area contributed by atoms with Crippen LogP contribution in [0, 0.1) is 0 Å². The Labute approximate surface area is 290 Å². The molecule has 8 nitrogen and oxygen atoms in total. The third kappa shape index (κ3) is 24.0. The Balaban J connectivity index is 1.48. The van der Waals surface area contributed by atoms with Crippen molar-refractivity contribution in [3.8, 4) is 5.88 Å². The predicted octanol–water partition coefficient (Wildman–Crippen LogP) is 8.68. The van der Waals surface area contributed by atoms with Crippen LogP contribution in [0.2, 0.25) is 0 Å².